The van der Waals surface area contributed by atoms with Crippen molar-refractivity contribution in [3.8, 4) is 11.5 Å². The number of rotatable bonds is 11. The molecule has 3 rings (SSSR count). The van der Waals surface area contributed by atoms with Gasteiger partial charge in [-0.05, 0) is 55.3 Å². The van der Waals surface area contributed by atoms with Crippen LogP contribution in [0.3, 0.4) is 0 Å². The molecule has 0 spiro atoms. The standard InChI is InChI=1S/C26H32FN3O3/c1-18(17-31)29-19(2)25-13-22(27)14-28-26(25)30(15-20-5-9-23(32-3)10-6-20)16-21-7-11-24(33-4)12-8-21/h5-14,18-19,29,31H,15-17H2,1-4H3/t18-,19?/m0/s1. The number of halogens is 1. The second kappa shape index (κ2) is 11.6. The zero-order chi connectivity index (χ0) is 23.8. The van der Waals surface area contributed by atoms with Crippen molar-refractivity contribution in [3.05, 3.63) is 83.3 Å². The summed E-state index contributed by atoms with van der Waals surface area (Å²) in [5.74, 6) is 1.87. The summed E-state index contributed by atoms with van der Waals surface area (Å²) in [6.45, 7) is 4.97. The normalized spacial score (nSPS) is 12.8. The fourth-order valence-electron chi connectivity index (χ4n) is 3.71. The SMILES string of the molecule is COc1ccc(CN(Cc2ccc(OC)cc2)c2ncc(F)cc2C(C)N[C@@H](C)CO)cc1. The van der Waals surface area contributed by atoms with Crippen LogP contribution in [-0.2, 0) is 13.1 Å². The lowest BCUT2D eigenvalue weighted by Crippen LogP contribution is -2.33. The molecule has 0 aliphatic rings. The van der Waals surface area contributed by atoms with Crippen molar-refractivity contribution in [1.82, 2.24) is 10.3 Å². The summed E-state index contributed by atoms with van der Waals surface area (Å²) in [6, 6.07) is 16.9. The van der Waals surface area contributed by atoms with Crippen LogP contribution in [0.4, 0.5) is 10.2 Å². The van der Waals surface area contributed by atoms with E-state index >= 15 is 0 Å². The number of nitrogens with zero attached hydrogens (tertiary/aromatic N) is 2. The van der Waals surface area contributed by atoms with Crippen LogP contribution in [0.25, 0.3) is 0 Å². The average Bonchev–Trinajstić information content (AvgIpc) is 2.84. The van der Waals surface area contributed by atoms with Gasteiger partial charge in [-0.15, -0.1) is 0 Å². The Morgan fingerprint density at radius 3 is 1.91 bits per heavy atom. The van der Waals surface area contributed by atoms with E-state index in [4.69, 9.17) is 9.47 Å². The summed E-state index contributed by atoms with van der Waals surface area (Å²) in [4.78, 5) is 6.62. The lowest BCUT2D eigenvalue weighted by Gasteiger charge is -2.29. The van der Waals surface area contributed by atoms with Crippen molar-refractivity contribution in [2.24, 2.45) is 0 Å². The third-order valence-electron chi connectivity index (χ3n) is 5.50. The number of pyridine rings is 1. The quantitative estimate of drug-likeness (QED) is 0.446. The van der Waals surface area contributed by atoms with E-state index in [-0.39, 0.29) is 18.7 Å². The molecule has 0 saturated carbocycles. The van der Waals surface area contributed by atoms with Crippen LogP contribution in [0.5, 0.6) is 11.5 Å². The number of nitrogens with one attached hydrogen (secondary N) is 1. The Balaban J connectivity index is 1.97. The molecule has 0 aliphatic heterocycles. The molecule has 2 aromatic carbocycles. The van der Waals surface area contributed by atoms with Crippen LogP contribution in [-0.4, -0.2) is 37.0 Å². The van der Waals surface area contributed by atoms with Crippen molar-refractivity contribution in [2.45, 2.75) is 39.0 Å². The number of ether oxygens (including phenoxy) is 2. The van der Waals surface area contributed by atoms with Crippen molar-refractivity contribution < 1.29 is 19.0 Å². The van der Waals surface area contributed by atoms with Gasteiger partial charge in [-0.25, -0.2) is 9.37 Å². The van der Waals surface area contributed by atoms with Crippen LogP contribution in [0.15, 0.2) is 60.8 Å². The minimum Gasteiger partial charge on any atom is -0.497 e. The Labute approximate surface area is 195 Å². The smallest absolute Gasteiger partial charge is 0.141 e. The summed E-state index contributed by atoms with van der Waals surface area (Å²) in [7, 11) is 3.28. The summed E-state index contributed by atoms with van der Waals surface area (Å²) < 4.78 is 24.8. The van der Waals surface area contributed by atoms with Gasteiger partial charge in [0.15, 0.2) is 0 Å². The fraction of sp³-hybridized carbons (Fsp3) is 0.346. The highest BCUT2D eigenvalue weighted by Gasteiger charge is 2.20. The summed E-state index contributed by atoms with van der Waals surface area (Å²) in [5.41, 5.74) is 2.88. The average molecular weight is 454 g/mol. The van der Waals surface area contributed by atoms with Gasteiger partial charge in [-0.3, -0.25) is 0 Å². The van der Waals surface area contributed by atoms with Gasteiger partial charge in [0.05, 0.1) is 27.0 Å². The highest BCUT2D eigenvalue weighted by molar-refractivity contribution is 5.50. The first-order valence-electron chi connectivity index (χ1n) is 11.0. The number of anilines is 1. The Hall–Kier alpha value is -3.16. The molecule has 0 aliphatic carbocycles. The number of methoxy groups -OCH3 is 2. The van der Waals surface area contributed by atoms with Crippen LogP contribution in [0.2, 0.25) is 0 Å². The first-order valence-corrected chi connectivity index (χ1v) is 11.0. The molecule has 0 radical (unpaired) electrons. The summed E-state index contributed by atoms with van der Waals surface area (Å²) in [5, 5.41) is 12.8. The maximum atomic E-state index is 14.2. The van der Waals surface area contributed by atoms with E-state index in [2.05, 4.69) is 15.2 Å². The second-order valence-electron chi connectivity index (χ2n) is 8.09. The molecule has 176 valence electrons. The highest BCUT2D eigenvalue weighted by Crippen LogP contribution is 2.29. The molecule has 0 bridgehead atoms. The molecule has 2 atom stereocenters. The number of aliphatic hydroxyl groups is 1. The molecule has 2 N–H and O–H groups in total. The Morgan fingerprint density at radius 2 is 1.45 bits per heavy atom. The second-order valence-corrected chi connectivity index (χ2v) is 8.09. The van der Waals surface area contributed by atoms with Gasteiger partial charge in [0, 0.05) is 30.7 Å². The number of benzene rings is 2. The van der Waals surface area contributed by atoms with E-state index in [1.54, 1.807) is 14.2 Å². The van der Waals surface area contributed by atoms with Gasteiger partial charge in [0.25, 0.3) is 0 Å². The molecule has 1 unspecified atom stereocenters. The van der Waals surface area contributed by atoms with Crippen LogP contribution >= 0.6 is 0 Å². The van der Waals surface area contributed by atoms with E-state index < -0.39 is 5.82 Å². The lowest BCUT2D eigenvalue weighted by atomic mass is 10.1. The van der Waals surface area contributed by atoms with E-state index in [1.807, 2.05) is 62.4 Å². The lowest BCUT2D eigenvalue weighted by molar-refractivity contribution is 0.243. The topological polar surface area (TPSA) is 66.9 Å². The van der Waals surface area contributed by atoms with Crippen LogP contribution in [0.1, 0.15) is 36.6 Å². The number of aliphatic hydroxyl groups excluding tert-OH is 1. The van der Waals surface area contributed by atoms with Crippen molar-refractivity contribution in [1.29, 1.82) is 0 Å². The maximum Gasteiger partial charge on any atom is 0.141 e. The molecule has 1 heterocycles. The maximum absolute atomic E-state index is 14.2. The van der Waals surface area contributed by atoms with Crippen molar-refractivity contribution in [3.63, 3.8) is 0 Å². The molecule has 3 aromatic rings. The molecule has 1 aromatic heterocycles. The summed E-state index contributed by atoms with van der Waals surface area (Å²) >= 11 is 0. The van der Waals surface area contributed by atoms with Gasteiger partial charge < -0.3 is 24.8 Å². The number of aromatic nitrogens is 1. The molecule has 33 heavy (non-hydrogen) atoms. The molecule has 7 heteroatoms. The first kappa shape index (κ1) is 24.5. The summed E-state index contributed by atoms with van der Waals surface area (Å²) in [6.07, 6.45) is 1.25. The van der Waals surface area contributed by atoms with E-state index in [0.29, 0.717) is 18.9 Å². The van der Waals surface area contributed by atoms with Crippen molar-refractivity contribution >= 4 is 5.82 Å². The predicted octanol–water partition coefficient (Wildman–Crippen LogP) is 4.48. The first-order chi connectivity index (χ1) is 15.9. The van der Waals surface area contributed by atoms with Gasteiger partial charge in [0.2, 0.25) is 0 Å². The molecule has 0 amide bonds. The van der Waals surface area contributed by atoms with E-state index in [0.717, 1.165) is 28.2 Å². The number of hydrogen-bond acceptors (Lipinski definition) is 6. The largest absolute Gasteiger partial charge is 0.497 e. The Bertz CT molecular complexity index is 963. The van der Waals surface area contributed by atoms with E-state index in [1.165, 1.54) is 12.3 Å². The highest BCUT2D eigenvalue weighted by atomic mass is 19.1. The van der Waals surface area contributed by atoms with E-state index in [9.17, 15) is 9.50 Å². The van der Waals surface area contributed by atoms with Gasteiger partial charge in [0.1, 0.15) is 23.1 Å². The Morgan fingerprint density at radius 1 is 0.939 bits per heavy atom. The third kappa shape index (κ3) is 6.66. The Kier molecular flexibility index (Phi) is 8.63. The van der Waals surface area contributed by atoms with Gasteiger partial charge >= 0.3 is 0 Å². The fourth-order valence-corrected chi connectivity index (χ4v) is 3.71. The van der Waals surface area contributed by atoms with Crippen LogP contribution in [0, 0.1) is 5.82 Å². The predicted molar refractivity (Wildman–Crippen MR) is 128 cm³/mol. The molecule has 0 saturated heterocycles. The molecular weight excluding hydrogens is 421 g/mol. The van der Waals surface area contributed by atoms with Crippen LogP contribution < -0.4 is 19.7 Å². The van der Waals surface area contributed by atoms with Gasteiger partial charge in [-0.2, -0.15) is 0 Å². The minimum atomic E-state index is -0.395. The zero-order valence-electron chi connectivity index (χ0n) is 19.6. The number of hydrogen-bond donors (Lipinski definition) is 2. The minimum absolute atomic E-state index is 0.0101. The molecular formula is C26H32FN3O3. The van der Waals surface area contributed by atoms with Crippen molar-refractivity contribution in [2.75, 3.05) is 25.7 Å². The van der Waals surface area contributed by atoms with Gasteiger partial charge in [-0.1, -0.05) is 24.3 Å². The third-order valence-corrected chi connectivity index (χ3v) is 5.50. The molecule has 0 fully saturated rings. The molecule has 6 nitrogen and oxygen atoms in total. The zero-order valence-corrected chi connectivity index (χ0v) is 19.6. The monoisotopic (exact) mass is 453 g/mol.